The van der Waals surface area contributed by atoms with Gasteiger partial charge in [0.05, 0.1) is 0 Å². The Morgan fingerprint density at radius 3 is 2.38 bits per heavy atom. The van der Waals surface area contributed by atoms with Crippen LogP contribution in [-0.4, -0.2) is 124 Å². The van der Waals surface area contributed by atoms with Crippen molar-refractivity contribution in [3.63, 3.8) is 0 Å². The molecule has 5 amide bonds. The van der Waals surface area contributed by atoms with Gasteiger partial charge in [0.1, 0.15) is 0 Å². The number of aliphatic hydroxyl groups excluding tert-OH is 2. The van der Waals surface area contributed by atoms with Gasteiger partial charge in [-0.3, -0.25) is 0 Å². The van der Waals surface area contributed by atoms with Crippen LogP contribution in [0.15, 0.2) is 12.2 Å². The Morgan fingerprint density at radius 2 is 1.77 bits per heavy atom. The van der Waals surface area contributed by atoms with Crippen LogP contribution in [0, 0.1) is 5.92 Å². The number of ether oxygens (including phenoxy) is 1. The fourth-order valence-corrected chi connectivity index (χ4v) is 5.09. The molecule has 0 aliphatic carbocycles. The molecule has 4 aliphatic heterocycles. The molecule has 15 nitrogen and oxygen atoms in total. The minimum atomic E-state index is -1.59. The van der Waals surface area contributed by atoms with Crippen LogP contribution >= 0.6 is 0 Å². The first kappa shape index (κ1) is 29.6. The molecule has 0 radical (unpaired) electrons. The molecule has 0 aromatic heterocycles. The monoisotopic (exact) mass is 562 g/mol. The number of likely N-dealkylation sites (N-methyl/N-ethyl adjacent to an activating group) is 1. The number of rotatable bonds is 10. The molecule has 218 valence electrons. The van der Waals surface area contributed by atoms with Crippen molar-refractivity contribution in [2.24, 2.45) is 5.92 Å². The summed E-state index contributed by atoms with van der Waals surface area (Å²) in [5.74, 6) is -4.32. The van der Waals surface area contributed by atoms with Crippen molar-refractivity contribution < 1.29 is 43.6 Å². The number of nitrogens with one attached hydrogen (secondary N) is 4. The van der Waals surface area contributed by atoms with Crippen molar-refractivity contribution in [2.45, 2.75) is 82.6 Å². The molecule has 16 heteroatoms. The van der Waals surface area contributed by atoms with Crippen LogP contribution in [0.4, 0.5) is 0 Å². The number of amides is 5. The Morgan fingerprint density at radius 1 is 1.12 bits per heavy atom. The molecule has 0 aromatic carbocycles. The van der Waals surface area contributed by atoms with Gasteiger partial charge in [0.25, 0.3) is 0 Å². The molecule has 4 rings (SSSR count). The summed E-state index contributed by atoms with van der Waals surface area (Å²) in [5, 5.41) is 32.2. The Bertz CT molecular complexity index is 1130. The third-order valence-corrected chi connectivity index (χ3v) is 7.46. The van der Waals surface area contributed by atoms with Gasteiger partial charge in [0.15, 0.2) is 0 Å². The normalized spacial score (nSPS) is 32.5. The predicted octanol–water partition coefficient (Wildman–Crippen LogP) is -4.13. The van der Waals surface area contributed by atoms with Crippen LogP contribution in [0.2, 0.25) is 0 Å². The first-order valence-electron chi connectivity index (χ1n) is 13.1. The molecule has 4 aliphatic rings. The number of nitrogens with zero attached hydrogens (tertiary/aromatic N) is 2. The fourth-order valence-electron chi connectivity index (χ4n) is 5.09. The first-order valence-corrected chi connectivity index (χ1v) is 13.1. The summed E-state index contributed by atoms with van der Waals surface area (Å²) in [5.41, 5.74) is 0.379. The van der Waals surface area contributed by atoms with Gasteiger partial charge in [-0.15, -0.1) is 0 Å². The van der Waals surface area contributed by atoms with Crippen molar-refractivity contribution in [1.29, 1.82) is 0 Å². The molecule has 2 saturated heterocycles. The molecule has 0 saturated carbocycles. The summed E-state index contributed by atoms with van der Waals surface area (Å²) in [4.78, 5) is 64.0. The fraction of sp³-hybridized carbons (Fsp3) is 0.667. The van der Waals surface area contributed by atoms with Gasteiger partial charge in [-0.1, -0.05) is 0 Å². The van der Waals surface area contributed by atoms with E-state index in [1.165, 1.54) is 12.0 Å². The van der Waals surface area contributed by atoms with Gasteiger partial charge in [-0.05, 0) is 0 Å². The summed E-state index contributed by atoms with van der Waals surface area (Å²) in [6.07, 6.45) is -1.90. The summed E-state index contributed by atoms with van der Waals surface area (Å²) >= 11 is 0. The molecule has 40 heavy (non-hydrogen) atoms. The molecule has 0 bridgehead atoms. The number of carbonyl (C=O) groups is 5. The standard InChI is InChI=1S/C24H35BN6O9/c1-10(2)16(28-13(32)8-9-30-14(33)6-7-15(30)34)21(37)27-11(3)20-25-40-24(29-20)23(38)31(24)17-12(4)39-22(26-5)19(36)18(17)35/h6-7,10-12,16-19,22,26,29,35-36H,8-9H2,1-5H3,(H,27,37)(H,28,32). The maximum atomic E-state index is 13.1. The third kappa shape index (κ3) is 5.35. The van der Waals surface area contributed by atoms with Crippen molar-refractivity contribution in [1.82, 2.24) is 31.1 Å². The Hall–Kier alpha value is -3.34. The maximum absolute atomic E-state index is 13.1. The van der Waals surface area contributed by atoms with Crippen LogP contribution in [0.5, 0.6) is 0 Å². The van der Waals surface area contributed by atoms with Gasteiger partial charge >= 0.3 is 231 Å². The number of imide groups is 1. The van der Waals surface area contributed by atoms with Crippen molar-refractivity contribution in [3.8, 4) is 0 Å². The second-order valence-electron chi connectivity index (χ2n) is 10.6. The van der Waals surface area contributed by atoms with E-state index in [2.05, 4.69) is 21.3 Å². The van der Waals surface area contributed by atoms with E-state index in [1.807, 2.05) is 0 Å². The van der Waals surface area contributed by atoms with Crippen LogP contribution in [0.25, 0.3) is 0 Å². The summed E-state index contributed by atoms with van der Waals surface area (Å²) in [7, 11) is 2.88. The second kappa shape index (κ2) is 11.3. The molecule has 2 fully saturated rings. The van der Waals surface area contributed by atoms with Gasteiger partial charge in [0.2, 0.25) is 0 Å². The van der Waals surface area contributed by atoms with Crippen LogP contribution in [-0.2, 0) is 33.4 Å². The molecule has 8 atom stereocenters. The number of hydrogen-bond acceptors (Lipinski definition) is 11. The summed E-state index contributed by atoms with van der Waals surface area (Å²) in [6.45, 7) is 6.74. The zero-order valence-corrected chi connectivity index (χ0v) is 22.9. The van der Waals surface area contributed by atoms with Gasteiger partial charge < -0.3 is 0 Å². The van der Waals surface area contributed by atoms with E-state index >= 15 is 0 Å². The molecular weight excluding hydrogens is 527 g/mol. The topological polar surface area (TPSA) is 199 Å². The number of hydrogen-bond donors (Lipinski definition) is 6. The van der Waals surface area contributed by atoms with E-state index in [0.29, 0.717) is 5.59 Å². The van der Waals surface area contributed by atoms with Crippen molar-refractivity contribution in [3.05, 3.63) is 12.2 Å². The van der Waals surface area contributed by atoms with E-state index in [-0.39, 0.29) is 18.9 Å². The number of carbonyl (C=O) groups excluding carboxylic acids is 5. The Kier molecular flexibility index (Phi) is 8.35. The third-order valence-electron chi connectivity index (χ3n) is 7.46. The first-order chi connectivity index (χ1) is 18.8. The van der Waals surface area contributed by atoms with Gasteiger partial charge in [0, 0.05) is 0 Å². The quantitative estimate of drug-likeness (QED) is 0.0859. The van der Waals surface area contributed by atoms with E-state index in [4.69, 9.17) is 9.39 Å². The molecule has 4 heterocycles. The molecule has 0 aromatic rings. The van der Waals surface area contributed by atoms with Gasteiger partial charge in [-0.2, -0.15) is 0 Å². The van der Waals surface area contributed by atoms with E-state index < -0.39 is 78.1 Å². The van der Waals surface area contributed by atoms with Crippen molar-refractivity contribution in [2.75, 3.05) is 13.6 Å². The van der Waals surface area contributed by atoms with E-state index in [0.717, 1.165) is 17.1 Å². The van der Waals surface area contributed by atoms with Crippen LogP contribution < -0.4 is 21.3 Å². The SMILES string of the molecule is CNC1OC(C)C(N2C(=O)C23NC(C(C)NC(=O)C(NC(=O)CCN2C(=O)C=CC2=O)C(C)C)=BO3)C(O)C1O. The minimum absolute atomic E-state index is 0.105. The summed E-state index contributed by atoms with van der Waals surface area (Å²) in [6, 6.07) is -2.46. The average Bonchev–Trinajstić information content (AvgIpc) is 3.19. The average molecular weight is 562 g/mol. The van der Waals surface area contributed by atoms with Gasteiger partial charge in [-0.25, -0.2) is 0 Å². The summed E-state index contributed by atoms with van der Waals surface area (Å²) < 4.78 is 11.4. The number of aliphatic hydroxyl groups is 2. The predicted molar refractivity (Wildman–Crippen MR) is 139 cm³/mol. The van der Waals surface area contributed by atoms with Crippen molar-refractivity contribution >= 4 is 42.2 Å². The van der Waals surface area contributed by atoms with E-state index in [9.17, 15) is 34.2 Å². The molecule has 8 unspecified atom stereocenters. The van der Waals surface area contributed by atoms with E-state index in [1.54, 1.807) is 34.7 Å². The molecule has 1 spiro atoms. The molecule has 6 N–H and O–H groups in total. The zero-order chi connectivity index (χ0) is 29.5. The van der Waals surface area contributed by atoms with Crippen LogP contribution in [0.1, 0.15) is 34.1 Å². The molecular formula is C24H35BN6O9. The zero-order valence-electron chi connectivity index (χ0n) is 22.9. The second-order valence-corrected chi connectivity index (χ2v) is 10.6. The Balaban J connectivity index is 1.32. The Labute approximate surface area is 231 Å². The van der Waals surface area contributed by atoms with Crippen LogP contribution in [0.3, 0.4) is 0 Å².